The zero-order valence-electron chi connectivity index (χ0n) is 13.7. The van der Waals surface area contributed by atoms with Crippen molar-refractivity contribution >= 4 is 21.5 Å². The molecule has 4 atom stereocenters. The van der Waals surface area contributed by atoms with Gasteiger partial charge in [0.15, 0.2) is 11.8 Å². The average molecular weight is 336 g/mol. The van der Waals surface area contributed by atoms with Crippen LogP contribution in [0.5, 0.6) is 0 Å². The van der Waals surface area contributed by atoms with Crippen LogP contribution >= 0.6 is 0 Å². The SMILES string of the molecule is BC(B)(O)C1O[C@@H](n2c(C)cc(N)nc2=O)C(N)(C#CCF)[C@H]1O. The molecule has 24 heavy (non-hydrogen) atoms. The van der Waals surface area contributed by atoms with Crippen molar-refractivity contribution in [3.05, 3.63) is 22.2 Å². The molecular formula is C13H19B2FN4O4. The molecule has 0 aliphatic carbocycles. The van der Waals surface area contributed by atoms with Gasteiger partial charge in [-0.3, -0.25) is 4.57 Å². The van der Waals surface area contributed by atoms with Gasteiger partial charge in [0.2, 0.25) is 0 Å². The Bertz CT molecular complexity index is 757. The maximum atomic E-state index is 12.5. The van der Waals surface area contributed by atoms with Gasteiger partial charge >= 0.3 is 5.69 Å². The number of aliphatic hydroxyl groups is 2. The third kappa shape index (κ3) is 3.06. The molecule has 1 saturated heterocycles. The number of nitrogen functional groups attached to an aromatic ring is 1. The van der Waals surface area contributed by atoms with Crippen LogP contribution in [0.1, 0.15) is 11.9 Å². The average Bonchev–Trinajstić information content (AvgIpc) is 2.69. The number of aromatic nitrogens is 2. The topological polar surface area (TPSA) is 137 Å². The molecule has 128 valence electrons. The number of rotatable bonds is 2. The first-order chi connectivity index (χ1) is 11.0. The predicted octanol–water partition coefficient (Wildman–Crippen LogP) is -4.03. The van der Waals surface area contributed by atoms with Gasteiger partial charge in [0.05, 0.1) is 0 Å². The van der Waals surface area contributed by atoms with E-state index in [1.165, 1.54) is 21.8 Å². The molecule has 1 aromatic rings. The summed E-state index contributed by atoms with van der Waals surface area (Å²) in [5, 5.41) is 19.3. The number of nitrogens with two attached hydrogens (primary N) is 2. The van der Waals surface area contributed by atoms with E-state index in [1.54, 1.807) is 6.92 Å². The van der Waals surface area contributed by atoms with Crippen LogP contribution in [0.15, 0.2) is 10.9 Å². The molecule has 8 nitrogen and oxygen atoms in total. The first kappa shape index (κ1) is 18.5. The summed E-state index contributed by atoms with van der Waals surface area (Å²) in [5.74, 6) is 4.60. The van der Waals surface area contributed by atoms with Crippen molar-refractivity contribution in [2.24, 2.45) is 5.73 Å². The van der Waals surface area contributed by atoms with Crippen molar-refractivity contribution in [1.29, 1.82) is 0 Å². The minimum Gasteiger partial charge on any atom is -0.405 e. The summed E-state index contributed by atoms with van der Waals surface area (Å²) in [7, 11) is 2.84. The molecule has 2 heterocycles. The lowest BCUT2D eigenvalue weighted by atomic mass is 9.60. The number of alkyl halides is 1. The second-order valence-electron chi connectivity index (χ2n) is 6.35. The second kappa shape index (κ2) is 6.22. The fourth-order valence-electron chi connectivity index (χ4n) is 2.79. The zero-order valence-corrected chi connectivity index (χ0v) is 13.7. The summed E-state index contributed by atoms with van der Waals surface area (Å²) in [5.41, 5.74) is 9.52. The van der Waals surface area contributed by atoms with Gasteiger partial charge < -0.3 is 26.4 Å². The maximum absolute atomic E-state index is 12.5. The normalized spacial score (nSPS) is 30.0. The second-order valence-corrected chi connectivity index (χ2v) is 6.35. The highest BCUT2D eigenvalue weighted by atomic mass is 19.1. The quantitative estimate of drug-likeness (QED) is 0.319. The highest BCUT2D eigenvalue weighted by Gasteiger charge is 2.58. The molecule has 1 aliphatic heterocycles. The Morgan fingerprint density at radius 1 is 1.62 bits per heavy atom. The summed E-state index contributed by atoms with van der Waals surface area (Å²) in [4.78, 5) is 15.9. The van der Waals surface area contributed by atoms with Crippen molar-refractivity contribution in [2.45, 2.75) is 36.3 Å². The molecule has 1 aliphatic rings. The Morgan fingerprint density at radius 2 is 2.25 bits per heavy atom. The van der Waals surface area contributed by atoms with E-state index in [1.807, 2.05) is 0 Å². The fourth-order valence-corrected chi connectivity index (χ4v) is 2.79. The molecular weight excluding hydrogens is 317 g/mol. The van der Waals surface area contributed by atoms with E-state index < -0.39 is 41.7 Å². The lowest BCUT2D eigenvalue weighted by Crippen LogP contribution is -2.58. The van der Waals surface area contributed by atoms with Crippen molar-refractivity contribution in [3.8, 4) is 11.8 Å². The zero-order chi connectivity index (χ0) is 18.3. The van der Waals surface area contributed by atoms with E-state index in [2.05, 4.69) is 16.8 Å². The van der Waals surface area contributed by atoms with E-state index in [-0.39, 0.29) is 5.82 Å². The predicted molar refractivity (Wildman–Crippen MR) is 90.3 cm³/mol. The minimum absolute atomic E-state index is 0.0174. The number of hydrogen-bond acceptors (Lipinski definition) is 7. The van der Waals surface area contributed by atoms with Gasteiger partial charge in [-0.05, 0) is 13.0 Å². The Balaban J connectivity index is 2.64. The molecule has 0 saturated carbocycles. The van der Waals surface area contributed by atoms with Gasteiger partial charge in [-0.25, -0.2) is 9.18 Å². The third-order valence-corrected chi connectivity index (χ3v) is 3.93. The van der Waals surface area contributed by atoms with Gasteiger partial charge in [-0.2, -0.15) is 4.98 Å². The lowest BCUT2D eigenvalue weighted by molar-refractivity contribution is -0.0743. The molecule has 0 amide bonds. The Kier molecular flexibility index (Phi) is 4.79. The smallest absolute Gasteiger partial charge is 0.351 e. The Labute approximate surface area is 139 Å². The monoisotopic (exact) mass is 336 g/mol. The Morgan fingerprint density at radius 3 is 2.75 bits per heavy atom. The van der Waals surface area contributed by atoms with Crippen molar-refractivity contribution in [3.63, 3.8) is 0 Å². The summed E-state index contributed by atoms with van der Waals surface area (Å²) < 4.78 is 19.3. The van der Waals surface area contributed by atoms with Crippen molar-refractivity contribution < 1.29 is 19.3 Å². The summed E-state index contributed by atoms with van der Waals surface area (Å²) in [6, 6.07) is 1.43. The van der Waals surface area contributed by atoms with E-state index in [4.69, 9.17) is 16.2 Å². The first-order valence-corrected chi connectivity index (χ1v) is 7.28. The molecule has 11 heteroatoms. The van der Waals surface area contributed by atoms with Crippen LogP contribution < -0.4 is 17.2 Å². The number of halogens is 1. The lowest BCUT2D eigenvalue weighted by Gasteiger charge is -2.30. The number of aliphatic hydroxyl groups excluding tert-OH is 1. The van der Waals surface area contributed by atoms with Gasteiger partial charge in [-0.1, -0.05) is 11.8 Å². The molecule has 0 spiro atoms. The van der Waals surface area contributed by atoms with Gasteiger partial charge in [-0.15, -0.1) is 0 Å². The highest BCUT2D eigenvalue weighted by molar-refractivity contribution is 6.39. The van der Waals surface area contributed by atoms with Gasteiger partial charge in [0.1, 0.15) is 40.4 Å². The summed E-state index contributed by atoms with van der Waals surface area (Å²) in [6.07, 6.45) is -3.89. The number of ether oxygens (including phenoxy) is 1. The van der Waals surface area contributed by atoms with Crippen LogP contribution in [0.3, 0.4) is 0 Å². The molecule has 6 N–H and O–H groups in total. The summed E-state index contributed by atoms with van der Waals surface area (Å²) >= 11 is 0. The van der Waals surface area contributed by atoms with Crippen LogP contribution in [0, 0.1) is 18.8 Å². The third-order valence-electron chi connectivity index (χ3n) is 3.93. The molecule has 0 aromatic carbocycles. The minimum atomic E-state index is -1.82. The number of aryl methyl sites for hydroxylation is 1. The number of nitrogens with zero attached hydrogens (tertiary/aromatic N) is 2. The molecule has 2 unspecified atom stereocenters. The maximum Gasteiger partial charge on any atom is 0.351 e. The van der Waals surface area contributed by atoms with Crippen LogP contribution in [0.2, 0.25) is 0 Å². The number of anilines is 1. The van der Waals surface area contributed by atoms with Crippen LogP contribution in [0.4, 0.5) is 10.2 Å². The highest BCUT2D eigenvalue weighted by Crippen LogP contribution is 2.39. The van der Waals surface area contributed by atoms with E-state index in [9.17, 15) is 19.4 Å². The van der Waals surface area contributed by atoms with Crippen LogP contribution in [-0.2, 0) is 4.74 Å². The fraction of sp³-hybridized carbons (Fsp3) is 0.538. The molecule has 1 aromatic heterocycles. The largest absolute Gasteiger partial charge is 0.405 e. The summed E-state index contributed by atoms with van der Waals surface area (Å²) in [6.45, 7) is 0.592. The first-order valence-electron chi connectivity index (χ1n) is 7.28. The number of hydrogen-bond donors (Lipinski definition) is 4. The van der Waals surface area contributed by atoms with Crippen LogP contribution in [0.25, 0.3) is 0 Å². The molecule has 1 fully saturated rings. The van der Waals surface area contributed by atoms with E-state index in [0.717, 1.165) is 4.57 Å². The van der Waals surface area contributed by atoms with Crippen molar-refractivity contribution in [2.75, 3.05) is 12.4 Å². The van der Waals surface area contributed by atoms with Gasteiger partial charge in [0.25, 0.3) is 0 Å². The van der Waals surface area contributed by atoms with E-state index >= 15 is 0 Å². The molecule has 2 rings (SSSR count). The molecule has 0 radical (unpaired) electrons. The van der Waals surface area contributed by atoms with E-state index in [0.29, 0.717) is 5.69 Å². The van der Waals surface area contributed by atoms with Crippen molar-refractivity contribution in [1.82, 2.24) is 9.55 Å². The standard InChI is InChI=1S/C13H19B2FN4O4/c1-6-5-7(17)19-11(22)20(6)10-12(18,3-2-4-16)8(21)9(24-10)13(14,15)23/h5,8-10,21,23H,4,14-15,18H2,1H3,(H2,17,19,22)/t8-,9?,10+,12?/m0/s1. The van der Waals surface area contributed by atoms with Crippen LogP contribution in [-0.4, -0.2) is 65.3 Å². The molecule has 0 bridgehead atoms. The van der Waals surface area contributed by atoms with Gasteiger partial charge in [0, 0.05) is 11.1 Å². The Hall–Kier alpha value is -1.86.